The standard InChI is InChI=1S/C15H16ClNS/c16-14-6-5-12(18-14)9-15(10-17)8-7-11-3-1-2-4-13(11)15/h1-6H,7-10,17H2. The Morgan fingerprint density at radius 1 is 1.22 bits per heavy atom. The van der Waals surface area contributed by atoms with Gasteiger partial charge in [0.25, 0.3) is 0 Å². The highest BCUT2D eigenvalue weighted by atomic mass is 35.5. The summed E-state index contributed by atoms with van der Waals surface area (Å²) in [5, 5.41) is 0. The first-order valence-corrected chi connectivity index (χ1v) is 7.46. The van der Waals surface area contributed by atoms with E-state index in [2.05, 4.69) is 30.3 Å². The SMILES string of the molecule is NCC1(Cc2ccc(Cl)s2)CCc2ccccc21. The molecule has 1 atom stereocenters. The van der Waals surface area contributed by atoms with E-state index in [4.69, 9.17) is 17.3 Å². The monoisotopic (exact) mass is 277 g/mol. The van der Waals surface area contributed by atoms with Gasteiger partial charge in [0.15, 0.2) is 0 Å². The lowest BCUT2D eigenvalue weighted by molar-refractivity contribution is 0.435. The minimum absolute atomic E-state index is 0.116. The second kappa shape index (κ2) is 4.69. The van der Waals surface area contributed by atoms with Gasteiger partial charge in [0.1, 0.15) is 0 Å². The minimum Gasteiger partial charge on any atom is -0.330 e. The zero-order valence-electron chi connectivity index (χ0n) is 10.2. The van der Waals surface area contributed by atoms with Gasteiger partial charge in [-0.05, 0) is 42.5 Å². The molecule has 2 aromatic rings. The van der Waals surface area contributed by atoms with Crippen LogP contribution in [0.15, 0.2) is 36.4 Å². The summed E-state index contributed by atoms with van der Waals surface area (Å²) in [6, 6.07) is 12.8. The van der Waals surface area contributed by atoms with Crippen molar-refractivity contribution in [1.29, 1.82) is 0 Å². The number of hydrogen-bond donors (Lipinski definition) is 1. The molecular weight excluding hydrogens is 262 g/mol. The maximum absolute atomic E-state index is 6.11. The summed E-state index contributed by atoms with van der Waals surface area (Å²) >= 11 is 7.69. The van der Waals surface area contributed by atoms with Gasteiger partial charge in [0, 0.05) is 16.8 Å². The minimum atomic E-state index is 0.116. The van der Waals surface area contributed by atoms with Gasteiger partial charge in [-0.15, -0.1) is 11.3 Å². The second-order valence-corrected chi connectivity index (χ2v) is 6.82. The lowest BCUT2D eigenvalue weighted by Crippen LogP contribution is -2.34. The maximum atomic E-state index is 6.11. The van der Waals surface area contributed by atoms with Crippen LogP contribution in [0.2, 0.25) is 4.34 Å². The summed E-state index contributed by atoms with van der Waals surface area (Å²) in [5.74, 6) is 0. The molecule has 18 heavy (non-hydrogen) atoms. The fourth-order valence-electron chi connectivity index (χ4n) is 3.01. The van der Waals surface area contributed by atoms with Crippen molar-refractivity contribution in [3.8, 4) is 0 Å². The summed E-state index contributed by atoms with van der Waals surface area (Å²) in [7, 11) is 0. The van der Waals surface area contributed by atoms with Crippen LogP contribution in [0.1, 0.15) is 22.4 Å². The van der Waals surface area contributed by atoms with Crippen LogP contribution in [0.5, 0.6) is 0 Å². The van der Waals surface area contributed by atoms with E-state index in [1.807, 2.05) is 6.07 Å². The lowest BCUT2D eigenvalue weighted by Gasteiger charge is -2.28. The van der Waals surface area contributed by atoms with Gasteiger partial charge >= 0.3 is 0 Å². The van der Waals surface area contributed by atoms with Gasteiger partial charge in [-0.3, -0.25) is 0 Å². The quantitative estimate of drug-likeness (QED) is 0.908. The molecule has 0 saturated heterocycles. The van der Waals surface area contributed by atoms with Crippen LogP contribution in [-0.4, -0.2) is 6.54 Å². The highest BCUT2D eigenvalue weighted by Crippen LogP contribution is 2.42. The molecule has 0 amide bonds. The average Bonchev–Trinajstić information content (AvgIpc) is 2.96. The molecule has 0 radical (unpaired) electrons. The van der Waals surface area contributed by atoms with Crippen molar-refractivity contribution in [1.82, 2.24) is 0 Å². The first kappa shape index (κ1) is 12.2. The first-order chi connectivity index (χ1) is 8.73. The van der Waals surface area contributed by atoms with E-state index < -0.39 is 0 Å². The van der Waals surface area contributed by atoms with E-state index in [-0.39, 0.29) is 5.41 Å². The van der Waals surface area contributed by atoms with E-state index >= 15 is 0 Å². The second-order valence-electron chi connectivity index (χ2n) is 5.02. The van der Waals surface area contributed by atoms with Gasteiger partial charge < -0.3 is 5.73 Å². The number of hydrogen-bond acceptors (Lipinski definition) is 2. The Morgan fingerprint density at radius 3 is 2.78 bits per heavy atom. The number of aryl methyl sites for hydroxylation is 1. The van der Waals surface area contributed by atoms with Crippen molar-refractivity contribution < 1.29 is 0 Å². The molecule has 1 nitrogen and oxygen atoms in total. The molecule has 3 heteroatoms. The molecule has 1 aromatic carbocycles. The molecule has 0 saturated carbocycles. The average molecular weight is 278 g/mol. The van der Waals surface area contributed by atoms with E-state index in [9.17, 15) is 0 Å². The third-order valence-electron chi connectivity index (χ3n) is 3.99. The van der Waals surface area contributed by atoms with Crippen LogP contribution < -0.4 is 5.73 Å². The molecule has 0 spiro atoms. The maximum Gasteiger partial charge on any atom is 0.0931 e. The van der Waals surface area contributed by atoms with Crippen LogP contribution in [0.25, 0.3) is 0 Å². The number of fused-ring (bicyclic) bond motifs is 1. The van der Waals surface area contributed by atoms with Crippen LogP contribution >= 0.6 is 22.9 Å². The topological polar surface area (TPSA) is 26.0 Å². The molecule has 2 N–H and O–H groups in total. The molecule has 1 aromatic heterocycles. The largest absolute Gasteiger partial charge is 0.330 e. The van der Waals surface area contributed by atoms with Gasteiger partial charge in [-0.25, -0.2) is 0 Å². The van der Waals surface area contributed by atoms with E-state index in [1.165, 1.54) is 16.0 Å². The van der Waals surface area contributed by atoms with E-state index in [1.54, 1.807) is 11.3 Å². The molecule has 0 fully saturated rings. The van der Waals surface area contributed by atoms with Crippen molar-refractivity contribution in [2.45, 2.75) is 24.7 Å². The Hall–Kier alpha value is -0.830. The fourth-order valence-corrected chi connectivity index (χ4v) is 4.24. The molecular formula is C15H16ClNS. The zero-order valence-corrected chi connectivity index (χ0v) is 11.7. The number of thiophene rings is 1. The van der Waals surface area contributed by atoms with Crippen LogP contribution in [0.4, 0.5) is 0 Å². The van der Waals surface area contributed by atoms with Crippen LogP contribution in [-0.2, 0) is 18.3 Å². The number of benzene rings is 1. The van der Waals surface area contributed by atoms with E-state index in [0.29, 0.717) is 6.54 Å². The Labute approximate surface area is 117 Å². The summed E-state index contributed by atoms with van der Waals surface area (Å²) in [4.78, 5) is 1.34. The third kappa shape index (κ3) is 1.99. The highest BCUT2D eigenvalue weighted by molar-refractivity contribution is 7.16. The molecule has 1 unspecified atom stereocenters. The Morgan fingerprint density at radius 2 is 2.06 bits per heavy atom. The molecule has 1 aliphatic rings. The Bertz CT molecular complexity index is 563. The number of nitrogens with two attached hydrogens (primary N) is 1. The lowest BCUT2D eigenvalue weighted by atomic mass is 9.78. The highest BCUT2D eigenvalue weighted by Gasteiger charge is 2.37. The molecule has 3 rings (SSSR count). The van der Waals surface area contributed by atoms with Crippen LogP contribution in [0.3, 0.4) is 0 Å². The predicted molar refractivity (Wildman–Crippen MR) is 78.5 cm³/mol. The fraction of sp³-hybridized carbons (Fsp3) is 0.333. The first-order valence-electron chi connectivity index (χ1n) is 6.26. The van der Waals surface area contributed by atoms with Crippen molar-refractivity contribution in [3.05, 3.63) is 56.7 Å². The smallest absolute Gasteiger partial charge is 0.0931 e. The third-order valence-corrected chi connectivity index (χ3v) is 5.22. The van der Waals surface area contributed by atoms with Crippen LogP contribution in [0, 0.1) is 0 Å². The Balaban J connectivity index is 1.97. The van der Waals surface area contributed by atoms with Gasteiger partial charge in [0.05, 0.1) is 4.34 Å². The molecule has 0 aliphatic heterocycles. The number of halogens is 1. The van der Waals surface area contributed by atoms with Crippen molar-refractivity contribution in [3.63, 3.8) is 0 Å². The van der Waals surface area contributed by atoms with E-state index in [0.717, 1.165) is 23.6 Å². The molecule has 1 heterocycles. The van der Waals surface area contributed by atoms with Gasteiger partial charge in [-0.1, -0.05) is 35.9 Å². The van der Waals surface area contributed by atoms with Crippen molar-refractivity contribution in [2.75, 3.05) is 6.54 Å². The van der Waals surface area contributed by atoms with Crippen molar-refractivity contribution >= 4 is 22.9 Å². The van der Waals surface area contributed by atoms with Gasteiger partial charge in [0.2, 0.25) is 0 Å². The summed E-state index contributed by atoms with van der Waals surface area (Å²) < 4.78 is 0.864. The molecule has 1 aliphatic carbocycles. The summed E-state index contributed by atoms with van der Waals surface area (Å²) in [6.45, 7) is 0.708. The zero-order chi connectivity index (χ0) is 12.6. The predicted octanol–water partition coefficient (Wildman–Crippen LogP) is 3.79. The molecule has 94 valence electrons. The number of rotatable bonds is 3. The normalized spacial score (nSPS) is 22.1. The van der Waals surface area contributed by atoms with Gasteiger partial charge in [-0.2, -0.15) is 0 Å². The summed E-state index contributed by atoms with van der Waals surface area (Å²) in [5.41, 5.74) is 9.13. The Kier molecular flexibility index (Phi) is 3.18. The molecule has 0 bridgehead atoms. The van der Waals surface area contributed by atoms with Crippen molar-refractivity contribution in [2.24, 2.45) is 5.73 Å². The summed E-state index contributed by atoms with van der Waals surface area (Å²) in [6.07, 6.45) is 3.31.